The maximum Gasteiger partial charge on any atom is 0.0588 e. The van der Waals surface area contributed by atoms with E-state index in [2.05, 4.69) is 12.2 Å². The van der Waals surface area contributed by atoms with Gasteiger partial charge in [-0.05, 0) is 51.5 Å². The molecule has 2 rings (SSSR count). The normalized spacial score (nSPS) is 30.2. The second-order valence-corrected chi connectivity index (χ2v) is 4.86. The van der Waals surface area contributed by atoms with Gasteiger partial charge in [0.25, 0.3) is 0 Å². The lowest BCUT2D eigenvalue weighted by atomic mass is 9.80. The molecule has 0 amide bonds. The molecule has 2 heteroatoms. The Kier molecular flexibility index (Phi) is 3.82. The summed E-state index contributed by atoms with van der Waals surface area (Å²) in [6, 6.07) is 0.727. The van der Waals surface area contributed by atoms with E-state index in [-0.39, 0.29) is 0 Å². The molecule has 1 aliphatic heterocycles. The molecule has 0 spiro atoms. The van der Waals surface area contributed by atoms with Crippen LogP contribution < -0.4 is 5.32 Å². The van der Waals surface area contributed by atoms with E-state index in [1.165, 1.54) is 38.5 Å². The van der Waals surface area contributed by atoms with Crippen LogP contribution in [0.1, 0.15) is 45.4 Å². The van der Waals surface area contributed by atoms with Crippen LogP contribution in [0.25, 0.3) is 0 Å². The third-order valence-electron chi connectivity index (χ3n) is 3.81. The van der Waals surface area contributed by atoms with Crippen LogP contribution in [0.5, 0.6) is 0 Å². The van der Waals surface area contributed by atoms with Crippen LogP contribution in [-0.4, -0.2) is 25.3 Å². The highest BCUT2D eigenvalue weighted by atomic mass is 16.5. The lowest BCUT2D eigenvalue weighted by molar-refractivity contribution is 0.102. The van der Waals surface area contributed by atoms with E-state index in [0.717, 1.165) is 25.1 Å². The van der Waals surface area contributed by atoms with Crippen molar-refractivity contribution in [2.75, 3.05) is 13.2 Å². The highest BCUT2D eigenvalue weighted by Crippen LogP contribution is 2.29. The van der Waals surface area contributed by atoms with Crippen LogP contribution in [0.3, 0.4) is 0 Å². The van der Waals surface area contributed by atoms with Crippen molar-refractivity contribution in [1.29, 1.82) is 0 Å². The van der Waals surface area contributed by atoms with Gasteiger partial charge in [0, 0.05) is 12.6 Å². The third kappa shape index (κ3) is 2.71. The standard InChI is InChI=1S/C12H23NO/c1-10(11-4-2-5-11)13-8-7-12-6-3-9-14-12/h10-13H,2-9H2,1H3. The van der Waals surface area contributed by atoms with Crippen molar-refractivity contribution in [1.82, 2.24) is 5.32 Å². The van der Waals surface area contributed by atoms with Gasteiger partial charge in [0.05, 0.1) is 6.10 Å². The zero-order valence-electron chi connectivity index (χ0n) is 9.30. The van der Waals surface area contributed by atoms with Crippen molar-refractivity contribution in [3.05, 3.63) is 0 Å². The average molecular weight is 197 g/mol. The molecule has 1 saturated carbocycles. The fourth-order valence-corrected chi connectivity index (χ4v) is 2.45. The number of nitrogens with one attached hydrogen (secondary N) is 1. The average Bonchev–Trinajstić information content (AvgIpc) is 2.53. The molecular weight excluding hydrogens is 174 g/mol. The lowest BCUT2D eigenvalue weighted by Crippen LogP contribution is -2.38. The first kappa shape index (κ1) is 10.4. The van der Waals surface area contributed by atoms with Crippen molar-refractivity contribution < 1.29 is 4.74 Å². The van der Waals surface area contributed by atoms with E-state index >= 15 is 0 Å². The number of rotatable bonds is 5. The van der Waals surface area contributed by atoms with Crippen LogP contribution in [0.15, 0.2) is 0 Å². The van der Waals surface area contributed by atoms with Crippen LogP contribution in [0.2, 0.25) is 0 Å². The van der Waals surface area contributed by atoms with Gasteiger partial charge < -0.3 is 10.1 Å². The van der Waals surface area contributed by atoms with Crippen LogP contribution in [-0.2, 0) is 4.74 Å². The molecule has 2 atom stereocenters. The molecule has 0 aromatic rings. The summed E-state index contributed by atoms with van der Waals surface area (Å²) in [4.78, 5) is 0. The van der Waals surface area contributed by atoms with Crippen LogP contribution in [0, 0.1) is 5.92 Å². The molecule has 0 bridgehead atoms. The largest absolute Gasteiger partial charge is 0.378 e. The molecule has 0 radical (unpaired) electrons. The zero-order chi connectivity index (χ0) is 9.80. The molecule has 1 saturated heterocycles. The second-order valence-electron chi connectivity index (χ2n) is 4.86. The summed E-state index contributed by atoms with van der Waals surface area (Å²) in [6.45, 7) is 4.46. The second kappa shape index (κ2) is 5.13. The van der Waals surface area contributed by atoms with Crippen molar-refractivity contribution in [3.63, 3.8) is 0 Å². The maximum atomic E-state index is 5.60. The quantitative estimate of drug-likeness (QED) is 0.730. The molecule has 0 aromatic carbocycles. The van der Waals surface area contributed by atoms with Gasteiger partial charge in [-0.2, -0.15) is 0 Å². The smallest absolute Gasteiger partial charge is 0.0588 e. The molecule has 2 fully saturated rings. The zero-order valence-corrected chi connectivity index (χ0v) is 9.30. The maximum absolute atomic E-state index is 5.60. The first-order chi connectivity index (χ1) is 6.86. The van der Waals surface area contributed by atoms with Crippen molar-refractivity contribution in [2.45, 2.75) is 57.6 Å². The van der Waals surface area contributed by atoms with Gasteiger partial charge in [-0.15, -0.1) is 0 Å². The summed E-state index contributed by atoms with van der Waals surface area (Å²) in [5.74, 6) is 0.958. The van der Waals surface area contributed by atoms with E-state index < -0.39 is 0 Å². The summed E-state index contributed by atoms with van der Waals surface area (Å²) in [5, 5.41) is 3.63. The molecule has 2 nitrogen and oxygen atoms in total. The van der Waals surface area contributed by atoms with Crippen LogP contribution in [0.4, 0.5) is 0 Å². The topological polar surface area (TPSA) is 21.3 Å². The fraction of sp³-hybridized carbons (Fsp3) is 1.00. The Balaban J connectivity index is 1.52. The van der Waals surface area contributed by atoms with Gasteiger partial charge in [0.1, 0.15) is 0 Å². The van der Waals surface area contributed by atoms with E-state index in [0.29, 0.717) is 6.10 Å². The van der Waals surface area contributed by atoms with E-state index in [1.807, 2.05) is 0 Å². The highest BCUT2D eigenvalue weighted by Gasteiger charge is 2.23. The van der Waals surface area contributed by atoms with E-state index in [1.54, 1.807) is 0 Å². The minimum atomic E-state index is 0.552. The predicted molar refractivity (Wildman–Crippen MR) is 58.4 cm³/mol. The van der Waals surface area contributed by atoms with Crippen molar-refractivity contribution in [3.8, 4) is 0 Å². The summed E-state index contributed by atoms with van der Waals surface area (Å²) in [7, 11) is 0. The highest BCUT2D eigenvalue weighted by molar-refractivity contribution is 4.79. The number of ether oxygens (including phenoxy) is 1. The summed E-state index contributed by atoms with van der Waals surface area (Å²) in [6.07, 6.45) is 8.63. The van der Waals surface area contributed by atoms with Crippen molar-refractivity contribution >= 4 is 0 Å². The molecule has 1 heterocycles. The van der Waals surface area contributed by atoms with Gasteiger partial charge in [-0.1, -0.05) is 6.42 Å². The third-order valence-corrected chi connectivity index (χ3v) is 3.81. The molecule has 14 heavy (non-hydrogen) atoms. The Labute approximate surface area is 87.4 Å². The molecule has 2 aliphatic rings. The first-order valence-corrected chi connectivity index (χ1v) is 6.21. The molecule has 82 valence electrons. The fourth-order valence-electron chi connectivity index (χ4n) is 2.45. The molecule has 1 aliphatic carbocycles. The van der Waals surface area contributed by atoms with Gasteiger partial charge in [-0.3, -0.25) is 0 Å². The monoisotopic (exact) mass is 197 g/mol. The summed E-state index contributed by atoms with van der Waals surface area (Å²) < 4.78 is 5.60. The summed E-state index contributed by atoms with van der Waals surface area (Å²) in [5.41, 5.74) is 0. The van der Waals surface area contributed by atoms with Gasteiger partial charge in [0.2, 0.25) is 0 Å². The Morgan fingerprint density at radius 3 is 2.71 bits per heavy atom. The Morgan fingerprint density at radius 2 is 2.14 bits per heavy atom. The van der Waals surface area contributed by atoms with E-state index in [9.17, 15) is 0 Å². The molecule has 1 N–H and O–H groups in total. The van der Waals surface area contributed by atoms with Gasteiger partial charge in [0.15, 0.2) is 0 Å². The lowest BCUT2D eigenvalue weighted by Gasteiger charge is -2.32. The van der Waals surface area contributed by atoms with Gasteiger partial charge in [-0.25, -0.2) is 0 Å². The van der Waals surface area contributed by atoms with Gasteiger partial charge >= 0.3 is 0 Å². The molecular formula is C12H23NO. The summed E-state index contributed by atoms with van der Waals surface area (Å²) >= 11 is 0. The minimum Gasteiger partial charge on any atom is -0.378 e. The SMILES string of the molecule is CC(NCCC1CCCO1)C1CCC1. The molecule has 2 unspecified atom stereocenters. The first-order valence-electron chi connectivity index (χ1n) is 6.21. The Morgan fingerprint density at radius 1 is 1.29 bits per heavy atom. The number of hydrogen-bond acceptors (Lipinski definition) is 2. The van der Waals surface area contributed by atoms with Crippen LogP contribution >= 0.6 is 0 Å². The Hall–Kier alpha value is -0.0800. The Bertz CT molecular complexity index is 162. The van der Waals surface area contributed by atoms with Crippen molar-refractivity contribution in [2.24, 2.45) is 5.92 Å². The number of hydrogen-bond donors (Lipinski definition) is 1. The minimum absolute atomic E-state index is 0.552. The van der Waals surface area contributed by atoms with E-state index in [4.69, 9.17) is 4.74 Å². The molecule has 0 aromatic heterocycles. The predicted octanol–water partition coefficient (Wildman–Crippen LogP) is 2.33.